The molecule has 0 fully saturated rings. The van der Waals surface area contributed by atoms with Crippen molar-refractivity contribution < 1.29 is 13.9 Å². The number of esters is 1. The summed E-state index contributed by atoms with van der Waals surface area (Å²) in [7, 11) is 1.43. The molecule has 138 valence electrons. The van der Waals surface area contributed by atoms with E-state index in [-0.39, 0.29) is 17.7 Å². The van der Waals surface area contributed by atoms with Crippen LogP contribution in [-0.4, -0.2) is 19.6 Å². The van der Waals surface area contributed by atoms with Gasteiger partial charge in [0.15, 0.2) is 0 Å². The summed E-state index contributed by atoms with van der Waals surface area (Å²) in [6.45, 7) is 2.77. The quantitative estimate of drug-likeness (QED) is 0.763. The summed E-state index contributed by atoms with van der Waals surface area (Å²) >= 11 is 0. The van der Waals surface area contributed by atoms with E-state index in [1.54, 1.807) is 0 Å². The van der Waals surface area contributed by atoms with Crippen molar-refractivity contribution in [2.45, 2.75) is 38.6 Å². The lowest BCUT2D eigenvalue weighted by Gasteiger charge is -2.15. The highest BCUT2D eigenvalue weighted by Gasteiger charge is 2.23. The zero-order valence-corrected chi connectivity index (χ0v) is 15.4. The van der Waals surface area contributed by atoms with Crippen LogP contribution < -0.4 is 5.32 Å². The van der Waals surface area contributed by atoms with Gasteiger partial charge in [0.2, 0.25) is 0 Å². The van der Waals surface area contributed by atoms with Crippen LogP contribution in [0.2, 0.25) is 0 Å². The number of hydrogen-bond donors (Lipinski definition) is 1. The largest absolute Gasteiger partial charge is 0.469 e. The SMILES string of the molecule is COC(=O)C(C)Cc1ccc2c(c1)CCC2NCCc1ccc(F)cc1. The molecule has 2 aromatic carbocycles. The normalized spacial score (nSPS) is 17.0. The first kappa shape index (κ1) is 18.6. The number of rotatable bonds is 7. The van der Waals surface area contributed by atoms with Crippen molar-refractivity contribution in [3.63, 3.8) is 0 Å². The molecular weight excluding hydrogens is 329 g/mol. The Labute approximate surface area is 154 Å². The van der Waals surface area contributed by atoms with Crippen molar-refractivity contribution >= 4 is 5.97 Å². The van der Waals surface area contributed by atoms with Gasteiger partial charge in [0.25, 0.3) is 0 Å². The summed E-state index contributed by atoms with van der Waals surface area (Å²) in [5.41, 5.74) is 5.07. The fourth-order valence-electron chi connectivity index (χ4n) is 3.69. The minimum Gasteiger partial charge on any atom is -0.469 e. The Morgan fingerprint density at radius 3 is 2.69 bits per heavy atom. The summed E-state index contributed by atoms with van der Waals surface area (Å²) < 4.78 is 17.8. The van der Waals surface area contributed by atoms with E-state index < -0.39 is 0 Å². The summed E-state index contributed by atoms with van der Waals surface area (Å²) in [6.07, 6.45) is 3.75. The van der Waals surface area contributed by atoms with Gasteiger partial charge in [-0.25, -0.2) is 4.39 Å². The molecule has 26 heavy (non-hydrogen) atoms. The van der Waals surface area contributed by atoms with E-state index in [0.29, 0.717) is 12.5 Å². The van der Waals surface area contributed by atoms with Crippen LogP contribution in [0.4, 0.5) is 4.39 Å². The Morgan fingerprint density at radius 2 is 1.96 bits per heavy atom. The number of aryl methyl sites for hydroxylation is 1. The summed E-state index contributed by atoms with van der Waals surface area (Å²) in [4.78, 5) is 11.6. The molecule has 1 N–H and O–H groups in total. The number of carbonyl (C=O) groups excluding carboxylic acids is 1. The highest BCUT2D eigenvalue weighted by Crippen LogP contribution is 2.32. The maximum absolute atomic E-state index is 13.0. The van der Waals surface area contributed by atoms with Crippen molar-refractivity contribution in [2.75, 3.05) is 13.7 Å². The molecule has 1 aliphatic carbocycles. The first-order valence-electron chi connectivity index (χ1n) is 9.24. The van der Waals surface area contributed by atoms with Crippen molar-refractivity contribution in [3.8, 4) is 0 Å². The monoisotopic (exact) mass is 355 g/mol. The lowest BCUT2D eigenvalue weighted by Crippen LogP contribution is -2.22. The van der Waals surface area contributed by atoms with Gasteiger partial charge in [-0.15, -0.1) is 0 Å². The van der Waals surface area contributed by atoms with Gasteiger partial charge >= 0.3 is 5.97 Å². The predicted octanol–water partition coefficient (Wildman–Crippen LogP) is 4.00. The smallest absolute Gasteiger partial charge is 0.308 e. The molecule has 0 spiro atoms. The van der Waals surface area contributed by atoms with Gasteiger partial charge in [0.05, 0.1) is 13.0 Å². The van der Waals surface area contributed by atoms with Gasteiger partial charge in [-0.3, -0.25) is 4.79 Å². The molecule has 3 rings (SSSR count). The zero-order valence-electron chi connectivity index (χ0n) is 15.4. The Bertz CT molecular complexity index is 757. The van der Waals surface area contributed by atoms with E-state index in [2.05, 4.69) is 23.5 Å². The molecule has 2 atom stereocenters. The Hall–Kier alpha value is -2.20. The number of fused-ring (bicyclic) bond motifs is 1. The molecule has 0 saturated heterocycles. The molecule has 2 aromatic rings. The van der Waals surface area contributed by atoms with Crippen molar-refractivity contribution in [1.29, 1.82) is 0 Å². The van der Waals surface area contributed by atoms with Gasteiger partial charge < -0.3 is 10.1 Å². The van der Waals surface area contributed by atoms with Crippen LogP contribution in [0, 0.1) is 11.7 Å². The first-order valence-corrected chi connectivity index (χ1v) is 9.24. The van der Waals surface area contributed by atoms with Gasteiger partial charge in [-0.05, 0) is 66.6 Å². The molecule has 0 aliphatic heterocycles. The molecular formula is C22H26FNO2. The standard InChI is InChI=1S/C22H26FNO2/c1-15(22(25)26-2)13-17-5-9-20-18(14-17)6-10-21(20)24-12-11-16-3-7-19(23)8-4-16/h3-5,7-9,14-15,21,24H,6,10-13H2,1-2H3. The van der Waals surface area contributed by atoms with Gasteiger partial charge in [-0.2, -0.15) is 0 Å². The van der Waals surface area contributed by atoms with E-state index in [1.165, 1.54) is 35.9 Å². The third-order valence-corrected chi connectivity index (χ3v) is 5.15. The number of ether oxygens (including phenoxy) is 1. The minimum atomic E-state index is -0.191. The lowest BCUT2D eigenvalue weighted by atomic mass is 9.97. The van der Waals surface area contributed by atoms with E-state index in [1.807, 2.05) is 19.1 Å². The van der Waals surface area contributed by atoms with Crippen LogP contribution >= 0.6 is 0 Å². The number of benzene rings is 2. The molecule has 0 heterocycles. The second-order valence-electron chi connectivity index (χ2n) is 7.08. The van der Waals surface area contributed by atoms with Crippen LogP contribution in [0.5, 0.6) is 0 Å². The zero-order chi connectivity index (χ0) is 18.5. The lowest BCUT2D eigenvalue weighted by molar-refractivity contribution is -0.144. The Morgan fingerprint density at radius 1 is 1.23 bits per heavy atom. The van der Waals surface area contributed by atoms with Gasteiger partial charge in [0.1, 0.15) is 5.82 Å². The predicted molar refractivity (Wildman–Crippen MR) is 100 cm³/mol. The second-order valence-corrected chi connectivity index (χ2v) is 7.08. The summed E-state index contributed by atoms with van der Waals surface area (Å²) in [5, 5.41) is 3.62. The van der Waals surface area contributed by atoms with Crippen molar-refractivity contribution in [2.24, 2.45) is 5.92 Å². The minimum absolute atomic E-state index is 0.121. The number of methoxy groups -OCH3 is 1. The topological polar surface area (TPSA) is 38.3 Å². The number of hydrogen-bond acceptors (Lipinski definition) is 3. The van der Waals surface area contributed by atoms with Crippen LogP contribution in [0.15, 0.2) is 42.5 Å². The Kier molecular flexibility index (Phi) is 6.04. The highest BCUT2D eigenvalue weighted by atomic mass is 19.1. The van der Waals surface area contributed by atoms with Crippen LogP contribution in [0.25, 0.3) is 0 Å². The van der Waals surface area contributed by atoms with Crippen molar-refractivity contribution in [1.82, 2.24) is 5.32 Å². The summed E-state index contributed by atoms with van der Waals surface area (Å²) in [6, 6.07) is 13.6. The molecule has 0 saturated carbocycles. The van der Waals surface area contributed by atoms with Crippen molar-refractivity contribution in [3.05, 3.63) is 70.5 Å². The van der Waals surface area contributed by atoms with Crippen LogP contribution in [0.3, 0.4) is 0 Å². The van der Waals surface area contributed by atoms with E-state index in [9.17, 15) is 9.18 Å². The molecule has 0 amide bonds. The molecule has 0 bridgehead atoms. The van der Waals surface area contributed by atoms with Crippen LogP contribution in [-0.2, 0) is 28.8 Å². The maximum Gasteiger partial charge on any atom is 0.308 e. The molecule has 1 aliphatic rings. The van der Waals surface area contributed by atoms with E-state index in [4.69, 9.17) is 4.74 Å². The van der Waals surface area contributed by atoms with E-state index in [0.717, 1.165) is 31.4 Å². The number of carbonyl (C=O) groups is 1. The average molecular weight is 355 g/mol. The summed E-state index contributed by atoms with van der Waals surface area (Å²) in [5.74, 6) is -0.473. The highest BCUT2D eigenvalue weighted by molar-refractivity contribution is 5.72. The third-order valence-electron chi connectivity index (χ3n) is 5.15. The number of nitrogens with one attached hydrogen (secondary N) is 1. The first-order chi connectivity index (χ1) is 12.6. The maximum atomic E-state index is 13.0. The average Bonchev–Trinajstić information content (AvgIpc) is 3.05. The molecule has 0 aromatic heterocycles. The van der Waals surface area contributed by atoms with Crippen LogP contribution in [0.1, 0.15) is 41.6 Å². The molecule has 4 heteroatoms. The third kappa shape index (κ3) is 4.50. The molecule has 0 radical (unpaired) electrons. The number of halogens is 1. The molecule has 3 nitrogen and oxygen atoms in total. The fraction of sp³-hybridized carbons (Fsp3) is 0.409. The van der Waals surface area contributed by atoms with E-state index >= 15 is 0 Å². The van der Waals surface area contributed by atoms with Gasteiger partial charge in [0, 0.05) is 6.04 Å². The van der Waals surface area contributed by atoms with Gasteiger partial charge in [-0.1, -0.05) is 37.3 Å². The Balaban J connectivity index is 1.55. The second kappa shape index (κ2) is 8.45. The molecule has 2 unspecified atom stereocenters. The fourth-order valence-corrected chi connectivity index (χ4v) is 3.69.